The lowest BCUT2D eigenvalue weighted by molar-refractivity contribution is -0.118. The number of aliphatic hydroxyl groups is 1. The Morgan fingerprint density at radius 1 is 1.41 bits per heavy atom. The highest BCUT2D eigenvalue weighted by molar-refractivity contribution is 5.98. The number of amides is 1. The van der Waals surface area contributed by atoms with Crippen LogP contribution in [0.25, 0.3) is 0 Å². The fraction of sp³-hybridized carbons (Fsp3) is 0.333. The van der Waals surface area contributed by atoms with Crippen LogP contribution in [0.2, 0.25) is 0 Å². The second kappa shape index (κ2) is 7.01. The zero-order valence-electron chi connectivity index (χ0n) is 14.8. The van der Waals surface area contributed by atoms with Crippen molar-refractivity contribution in [3.8, 4) is 5.75 Å². The van der Waals surface area contributed by atoms with Crippen LogP contribution >= 0.6 is 0 Å². The van der Waals surface area contributed by atoms with Crippen LogP contribution in [0.1, 0.15) is 5.56 Å². The first-order chi connectivity index (χ1) is 13.0. The molecule has 0 saturated carbocycles. The molecular weight excluding hydrogens is 353 g/mol. The van der Waals surface area contributed by atoms with Crippen LogP contribution in [0.15, 0.2) is 46.9 Å². The van der Waals surface area contributed by atoms with Crippen LogP contribution < -0.4 is 15.5 Å². The lowest BCUT2D eigenvalue weighted by Gasteiger charge is -2.26. The van der Waals surface area contributed by atoms with E-state index in [0.29, 0.717) is 41.6 Å². The molecule has 3 aliphatic rings. The topological polar surface area (TPSA) is 89.4 Å². The number of rotatable bonds is 0. The molecule has 9 heteroatoms. The van der Waals surface area contributed by atoms with Crippen molar-refractivity contribution in [3.05, 3.63) is 53.2 Å². The van der Waals surface area contributed by atoms with Gasteiger partial charge in [0, 0.05) is 38.4 Å². The van der Waals surface area contributed by atoms with Crippen LogP contribution in [-0.4, -0.2) is 59.6 Å². The number of carbonyl (C=O) groups excluding carboxylic acids is 1. The van der Waals surface area contributed by atoms with Crippen LogP contribution in [-0.2, 0) is 11.3 Å². The van der Waals surface area contributed by atoms with Gasteiger partial charge in [-0.3, -0.25) is 9.80 Å². The van der Waals surface area contributed by atoms with Crippen molar-refractivity contribution in [2.75, 3.05) is 26.7 Å². The van der Waals surface area contributed by atoms with Crippen molar-refractivity contribution >= 4 is 11.7 Å². The Morgan fingerprint density at radius 2 is 2.26 bits per heavy atom. The molecule has 0 aliphatic carbocycles. The number of carbonyl (C=O) groups is 1. The molecule has 4 rings (SSSR count). The van der Waals surface area contributed by atoms with E-state index in [1.165, 1.54) is 18.2 Å². The molecule has 0 radical (unpaired) electrons. The predicted octanol–water partition coefficient (Wildman–Crippen LogP) is 0.0846. The lowest BCUT2D eigenvalue weighted by atomic mass is 10.1. The number of aliphatic hydroxyl groups excluding tert-OH is 1. The van der Waals surface area contributed by atoms with Crippen molar-refractivity contribution in [1.82, 2.24) is 20.7 Å². The van der Waals surface area contributed by atoms with E-state index in [4.69, 9.17) is 4.74 Å². The molecule has 1 aromatic rings. The number of benzene rings is 1. The fourth-order valence-corrected chi connectivity index (χ4v) is 3.10. The van der Waals surface area contributed by atoms with E-state index in [0.717, 1.165) is 0 Å². The molecule has 2 bridgehead atoms. The van der Waals surface area contributed by atoms with Gasteiger partial charge < -0.3 is 20.1 Å². The molecular formula is C18H20FN5O3. The molecule has 3 heterocycles. The second-order valence-corrected chi connectivity index (χ2v) is 6.58. The number of nitrogens with zero attached hydrogens (tertiary/aromatic N) is 3. The summed E-state index contributed by atoms with van der Waals surface area (Å²) in [5.41, 5.74) is 4.20. The van der Waals surface area contributed by atoms with E-state index in [-0.39, 0.29) is 24.9 Å². The Bertz CT molecular complexity index is 867. The Kier molecular flexibility index (Phi) is 4.54. The third kappa shape index (κ3) is 3.51. The summed E-state index contributed by atoms with van der Waals surface area (Å²) in [7, 11) is 1.83. The summed E-state index contributed by atoms with van der Waals surface area (Å²) >= 11 is 0. The average Bonchev–Trinajstić information content (AvgIpc) is 3.08. The summed E-state index contributed by atoms with van der Waals surface area (Å²) < 4.78 is 19.4. The minimum Gasteiger partial charge on any atom is -0.490 e. The summed E-state index contributed by atoms with van der Waals surface area (Å²) in [4.78, 5) is 18.9. The van der Waals surface area contributed by atoms with Gasteiger partial charge in [0.1, 0.15) is 30.1 Å². The van der Waals surface area contributed by atoms with Crippen molar-refractivity contribution < 1.29 is 19.0 Å². The number of halogens is 1. The Balaban J connectivity index is 1.72. The first kappa shape index (κ1) is 17.5. The van der Waals surface area contributed by atoms with Gasteiger partial charge in [-0.15, -0.1) is 0 Å². The van der Waals surface area contributed by atoms with Gasteiger partial charge in [0.2, 0.25) is 0 Å². The van der Waals surface area contributed by atoms with Crippen LogP contribution in [0.5, 0.6) is 5.75 Å². The number of hydrogen-bond acceptors (Lipinski definition) is 7. The SMILES string of the molecule is CN1Cc2cc(F)ccc2OCC(O)CNC(=O)C2=C3N=C1C=CN3NC2. The maximum Gasteiger partial charge on any atom is 0.252 e. The molecule has 0 fully saturated rings. The zero-order valence-corrected chi connectivity index (χ0v) is 14.8. The van der Waals surface area contributed by atoms with E-state index < -0.39 is 6.10 Å². The number of hydrogen-bond donors (Lipinski definition) is 3. The molecule has 8 nitrogen and oxygen atoms in total. The number of amidine groups is 1. The third-order valence-electron chi connectivity index (χ3n) is 4.54. The third-order valence-corrected chi connectivity index (χ3v) is 4.54. The van der Waals surface area contributed by atoms with Crippen molar-refractivity contribution in [2.24, 2.45) is 4.99 Å². The maximum absolute atomic E-state index is 13.7. The number of hydrazine groups is 1. The van der Waals surface area contributed by atoms with Gasteiger partial charge in [-0.25, -0.2) is 14.8 Å². The highest BCUT2D eigenvalue weighted by Gasteiger charge is 2.29. The number of ether oxygens (including phenoxy) is 1. The van der Waals surface area contributed by atoms with E-state index in [2.05, 4.69) is 15.7 Å². The van der Waals surface area contributed by atoms with Gasteiger partial charge in [-0.1, -0.05) is 0 Å². The van der Waals surface area contributed by atoms with Gasteiger partial charge >= 0.3 is 0 Å². The highest BCUT2D eigenvalue weighted by Crippen LogP contribution is 2.25. The molecule has 142 valence electrons. The van der Waals surface area contributed by atoms with Gasteiger partial charge in [0.05, 0.1) is 5.57 Å². The Labute approximate surface area is 155 Å². The molecule has 1 amide bonds. The summed E-state index contributed by atoms with van der Waals surface area (Å²) in [5.74, 6) is 0.980. The van der Waals surface area contributed by atoms with Crippen molar-refractivity contribution in [3.63, 3.8) is 0 Å². The molecule has 1 atom stereocenters. The second-order valence-electron chi connectivity index (χ2n) is 6.58. The zero-order chi connectivity index (χ0) is 19.0. The standard InChI is InChI=1S/C18H20FN5O3/c1-23-9-11-6-12(19)2-3-15(11)27-10-13(25)7-20-18(26)14-8-21-24-5-4-16(23)22-17(14)24/h2-6,13,21,25H,7-10H2,1H3,(H,20,26). The minimum atomic E-state index is -0.895. The number of fused-ring (bicyclic) bond motifs is 1. The monoisotopic (exact) mass is 373 g/mol. The molecule has 0 saturated heterocycles. The number of nitrogens with one attached hydrogen (secondary N) is 2. The summed E-state index contributed by atoms with van der Waals surface area (Å²) in [5, 5.41) is 14.5. The lowest BCUT2D eigenvalue weighted by Crippen LogP contribution is -2.37. The minimum absolute atomic E-state index is 0.0141. The predicted molar refractivity (Wildman–Crippen MR) is 95.8 cm³/mol. The van der Waals surface area contributed by atoms with Crippen LogP contribution in [0.3, 0.4) is 0 Å². The summed E-state index contributed by atoms with van der Waals surface area (Å²) in [6.07, 6.45) is 2.71. The van der Waals surface area contributed by atoms with E-state index in [1.54, 1.807) is 11.2 Å². The smallest absolute Gasteiger partial charge is 0.252 e. The average molecular weight is 373 g/mol. The normalized spacial score (nSPS) is 22.7. The molecule has 3 N–H and O–H groups in total. The fourth-order valence-electron chi connectivity index (χ4n) is 3.10. The van der Waals surface area contributed by atoms with Gasteiger partial charge in [0.25, 0.3) is 5.91 Å². The van der Waals surface area contributed by atoms with E-state index >= 15 is 0 Å². The molecule has 1 aromatic carbocycles. The van der Waals surface area contributed by atoms with E-state index in [1.807, 2.05) is 18.0 Å². The summed E-state index contributed by atoms with van der Waals surface area (Å²) in [6, 6.07) is 4.26. The van der Waals surface area contributed by atoms with Gasteiger partial charge in [-0.05, 0) is 24.3 Å². The van der Waals surface area contributed by atoms with Crippen LogP contribution in [0, 0.1) is 5.82 Å². The number of likely N-dealkylation sites (N-methyl/N-ethyl adjacent to an activating group) is 1. The van der Waals surface area contributed by atoms with Crippen molar-refractivity contribution in [1.29, 1.82) is 0 Å². The first-order valence-electron chi connectivity index (χ1n) is 8.62. The highest BCUT2D eigenvalue weighted by atomic mass is 19.1. The quantitative estimate of drug-likeness (QED) is 0.597. The van der Waals surface area contributed by atoms with Crippen molar-refractivity contribution in [2.45, 2.75) is 12.6 Å². The largest absolute Gasteiger partial charge is 0.490 e. The Hall–Kier alpha value is -2.91. The molecule has 1 unspecified atom stereocenters. The maximum atomic E-state index is 13.7. The van der Waals surface area contributed by atoms with Gasteiger partial charge in [-0.2, -0.15) is 0 Å². The molecule has 0 spiro atoms. The van der Waals surface area contributed by atoms with Gasteiger partial charge in [0.15, 0.2) is 5.82 Å². The summed E-state index contributed by atoms with van der Waals surface area (Å²) in [6.45, 7) is 0.722. The molecule has 0 aromatic heterocycles. The molecule has 3 aliphatic heterocycles. The molecule has 27 heavy (non-hydrogen) atoms. The number of aliphatic imine (C=N–C) groups is 1. The first-order valence-corrected chi connectivity index (χ1v) is 8.62. The number of β-amino-alcohol motifs (C(OH)–C–C–N with tert-alkyl or cyclic N) is 1. The van der Waals surface area contributed by atoms with Crippen LogP contribution in [0.4, 0.5) is 4.39 Å². The van der Waals surface area contributed by atoms with E-state index in [9.17, 15) is 14.3 Å². The Morgan fingerprint density at radius 3 is 3.11 bits per heavy atom.